The lowest BCUT2D eigenvalue weighted by Crippen LogP contribution is -2.21. The number of rotatable bonds is 4. The standard InChI is InChI=1S/C10H12ClN3O/c11-4-1-2-6-13-7-8-14-9(10(13)15)3-5-12-14/h3,5,7-8H,1-2,4,6H2. The molecule has 0 amide bonds. The zero-order valence-electron chi connectivity index (χ0n) is 8.27. The average molecular weight is 226 g/mol. The molecule has 5 heteroatoms. The minimum Gasteiger partial charge on any atom is -0.312 e. The van der Waals surface area contributed by atoms with Crippen molar-refractivity contribution in [1.29, 1.82) is 0 Å². The van der Waals surface area contributed by atoms with E-state index in [1.165, 1.54) is 0 Å². The Hall–Kier alpha value is -1.29. The second-order valence-corrected chi connectivity index (χ2v) is 3.73. The molecule has 0 aliphatic carbocycles. The van der Waals surface area contributed by atoms with Crippen molar-refractivity contribution in [2.24, 2.45) is 0 Å². The van der Waals surface area contributed by atoms with E-state index in [-0.39, 0.29) is 5.56 Å². The molecule has 0 atom stereocenters. The van der Waals surface area contributed by atoms with Crippen molar-refractivity contribution in [3.05, 3.63) is 35.0 Å². The first kappa shape index (κ1) is 10.2. The summed E-state index contributed by atoms with van der Waals surface area (Å²) < 4.78 is 3.28. The molecular weight excluding hydrogens is 214 g/mol. The highest BCUT2D eigenvalue weighted by Crippen LogP contribution is 1.98. The van der Waals surface area contributed by atoms with Crippen LogP contribution in [0, 0.1) is 0 Å². The average Bonchev–Trinajstić information content (AvgIpc) is 2.70. The highest BCUT2D eigenvalue weighted by molar-refractivity contribution is 6.17. The molecule has 4 nitrogen and oxygen atoms in total. The van der Waals surface area contributed by atoms with Crippen molar-refractivity contribution in [3.63, 3.8) is 0 Å². The van der Waals surface area contributed by atoms with E-state index in [4.69, 9.17) is 11.6 Å². The molecule has 15 heavy (non-hydrogen) atoms. The maximum absolute atomic E-state index is 11.9. The van der Waals surface area contributed by atoms with Crippen molar-refractivity contribution in [3.8, 4) is 0 Å². The van der Waals surface area contributed by atoms with Gasteiger partial charge in [0.05, 0.1) is 6.20 Å². The summed E-state index contributed by atoms with van der Waals surface area (Å²) in [5.74, 6) is 0.643. The first-order chi connectivity index (χ1) is 7.33. The molecule has 80 valence electrons. The quantitative estimate of drug-likeness (QED) is 0.585. The van der Waals surface area contributed by atoms with Gasteiger partial charge in [0.2, 0.25) is 0 Å². The predicted octanol–water partition coefficient (Wildman–Crippen LogP) is 1.51. The van der Waals surface area contributed by atoms with Gasteiger partial charge in [0.15, 0.2) is 0 Å². The van der Waals surface area contributed by atoms with Crippen molar-refractivity contribution < 1.29 is 0 Å². The molecule has 0 radical (unpaired) electrons. The van der Waals surface area contributed by atoms with Gasteiger partial charge >= 0.3 is 0 Å². The van der Waals surface area contributed by atoms with Crippen molar-refractivity contribution in [2.75, 3.05) is 5.88 Å². The van der Waals surface area contributed by atoms with Crippen LogP contribution in [0.15, 0.2) is 29.5 Å². The number of unbranched alkanes of at least 4 members (excludes halogenated alkanes) is 1. The monoisotopic (exact) mass is 225 g/mol. The van der Waals surface area contributed by atoms with E-state index < -0.39 is 0 Å². The van der Waals surface area contributed by atoms with Crippen LogP contribution in [0.2, 0.25) is 0 Å². The fourth-order valence-corrected chi connectivity index (χ4v) is 1.70. The van der Waals surface area contributed by atoms with Crippen LogP contribution in [0.4, 0.5) is 0 Å². The minimum atomic E-state index is 0.00423. The molecule has 0 bridgehead atoms. The molecule has 2 rings (SSSR count). The third-order valence-corrected chi connectivity index (χ3v) is 2.59. The van der Waals surface area contributed by atoms with Gasteiger partial charge in [-0.05, 0) is 18.9 Å². The Kier molecular flexibility index (Phi) is 3.06. The summed E-state index contributed by atoms with van der Waals surface area (Å²) in [7, 11) is 0. The summed E-state index contributed by atoms with van der Waals surface area (Å²) in [6.45, 7) is 0.716. The van der Waals surface area contributed by atoms with Gasteiger partial charge < -0.3 is 4.57 Å². The first-order valence-corrected chi connectivity index (χ1v) is 5.45. The van der Waals surface area contributed by atoms with Gasteiger partial charge in [0, 0.05) is 24.8 Å². The predicted molar refractivity (Wildman–Crippen MR) is 59.4 cm³/mol. The topological polar surface area (TPSA) is 39.3 Å². The zero-order valence-corrected chi connectivity index (χ0v) is 9.02. The second-order valence-electron chi connectivity index (χ2n) is 3.35. The van der Waals surface area contributed by atoms with Crippen molar-refractivity contribution in [2.45, 2.75) is 19.4 Å². The van der Waals surface area contributed by atoms with Gasteiger partial charge in [-0.2, -0.15) is 5.10 Å². The minimum absolute atomic E-state index is 0.00423. The van der Waals surface area contributed by atoms with E-state index in [9.17, 15) is 4.79 Å². The Labute approximate surface area is 92.1 Å². The number of aryl methyl sites for hydroxylation is 1. The van der Waals surface area contributed by atoms with Gasteiger partial charge in [-0.3, -0.25) is 4.79 Å². The van der Waals surface area contributed by atoms with Crippen LogP contribution < -0.4 is 5.56 Å². The maximum Gasteiger partial charge on any atom is 0.276 e. The Morgan fingerprint density at radius 3 is 3.00 bits per heavy atom. The Morgan fingerprint density at radius 2 is 2.20 bits per heavy atom. The van der Waals surface area contributed by atoms with E-state index in [2.05, 4.69) is 5.10 Å². The highest BCUT2D eigenvalue weighted by Gasteiger charge is 2.02. The number of nitrogens with zero attached hydrogens (tertiary/aromatic N) is 3. The molecule has 0 spiro atoms. The van der Waals surface area contributed by atoms with Crippen LogP contribution in [-0.2, 0) is 6.54 Å². The molecule has 0 unspecified atom stereocenters. The molecule has 0 N–H and O–H groups in total. The molecule has 0 aromatic carbocycles. The third-order valence-electron chi connectivity index (χ3n) is 2.32. The van der Waals surface area contributed by atoms with Gasteiger partial charge in [-0.15, -0.1) is 11.6 Å². The van der Waals surface area contributed by atoms with Crippen LogP contribution in [0.25, 0.3) is 5.52 Å². The number of fused-ring (bicyclic) bond motifs is 1. The smallest absolute Gasteiger partial charge is 0.276 e. The largest absolute Gasteiger partial charge is 0.312 e. The second kappa shape index (κ2) is 4.49. The van der Waals surface area contributed by atoms with Crippen LogP contribution in [0.3, 0.4) is 0 Å². The summed E-state index contributed by atoms with van der Waals surface area (Å²) in [6, 6.07) is 1.72. The molecule has 2 aromatic rings. The van der Waals surface area contributed by atoms with Crippen LogP contribution in [0.1, 0.15) is 12.8 Å². The van der Waals surface area contributed by atoms with E-state index in [0.717, 1.165) is 12.8 Å². The number of alkyl halides is 1. The summed E-state index contributed by atoms with van der Waals surface area (Å²) >= 11 is 5.58. The third kappa shape index (κ3) is 2.04. The van der Waals surface area contributed by atoms with Gasteiger partial charge in [0.25, 0.3) is 5.56 Å². The lowest BCUT2D eigenvalue weighted by Gasteiger charge is -2.04. The van der Waals surface area contributed by atoms with Crippen LogP contribution in [-0.4, -0.2) is 20.1 Å². The lowest BCUT2D eigenvalue weighted by molar-refractivity contribution is 0.611. The molecular formula is C10H12ClN3O. The number of hydrogen-bond donors (Lipinski definition) is 0. The van der Waals surface area contributed by atoms with Crippen molar-refractivity contribution in [1.82, 2.24) is 14.2 Å². The van der Waals surface area contributed by atoms with Crippen molar-refractivity contribution >= 4 is 17.1 Å². The van der Waals surface area contributed by atoms with Crippen LogP contribution in [0.5, 0.6) is 0 Å². The summed E-state index contributed by atoms with van der Waals surface area (Å²) in [4.78, 5) is 11.9. The van der Waals surface area contributed by atoms with Crippen LogP contribution >= 0.6 is 11.6 Å². The molecule has 0 saturated heterocycles. The van der Waals surface area contributed by atoms with Gasteiger partial charge in [-0.25, -0.2) is 4.52 Å². The number of aromatic nitrogens is 3. The fourth-order valence-electron chi connectivity index (χ4n) is 1.51. The van der Waals surface area contributed by atoms with Gasteiger partial charge in [-0.1, -0.05) is 0 Å². The molecule has 2 aromatic heterocycles. The highest BCUT2D eigenvalue weighted by atomic mass is 35.5. The summed E-state index contributed by atoms with van der Waals surface area (Å²) in [5.41, 5.74) is 0.618. The Balaban J connectivity index is 2.28. The van der Waals surface area contributed by atoms with E-state index in [0.29, 0.717) is 17.9 Å². The van der Waals surface area contributed by atoms with E-state index in [1.54, 1.807) is 33.7 Å². The zero-order chi connectivity index (χ0) is 10.7. The molecule has 0 saturated carbocycles. The maximum atomic E-state index is 11.9. The molecule has 0 fully saturated rings. The number of halogens is 1. The fraction of sp³-hybridized carbons (Fsp3) is 0.400. The Bertz CT molecular complexity index is 503. The molecule has 2 heterocycles. The molecule has 0 aliphatic rings. The SMILES string of the molecule is O=c1c2ccnn2ccn1CCCCCl. The number of hydrogen-bond acceptors (Lipinski definition) is 2. The van der Waals surface area contributed by atoms with E-state index in [1.807, 2.05) is 0 Å². The molecule has 0 aliphatic heterocycles. The first-order valence-electron chi connectivity index (χ1n) is 4.91. The summed E-state index contributed by atoms with van der Waals surface area (Å²) in [5, 5.41) is 4.00. The lowest BCUT2D eigenvalue weighted by atomic mass is 10.3. The van der Waals surface area contributed by atoms with E-state index >= 15 is 0 Å². The van der Waals surface area contributed by atoms with Gasteiger partial charge in [0.1, 0.15) is 5.52 Å². The Morgan fingerprint density at radius 1 is 1.33 bits per heavy atom. The summed E-state index contributed by atoms with van der Waals surface area (Å²) in [6.07, 6.45) is 7.03. The normalized spacial score (nSPS) is 11.0.